The number of hydrogen-bond acceptors (Lipinski definition) is 3. The van der Waals surface area contributed by atoms with Crippen LogP contribution in [-0.4, -0.2) is 32.5 Å². The Bertz CT molecular complexity index is 1630. The fourth-order valence-corrected chi connectivity index (χ4v) is 6.49. The molecule has 8 heteroatoms. The van der Waals surface area contributed by atoms with E-state index in [2.05, 4.69) is 48.6 Å². The van der Waals surface area contributed by atoms with Gasteiger partial charge in [0.15, 0.2) is 5.82 Å². The predicted molar refractivity (Wildman–Crippen MR) is 164 cm³/mol. The van der Waals surface area contributed by atoms with Crippen LogP contribution in [0, 0.1) is 5.82 Å². The number of piperidine rings is 1. The van der Waals surface area contributed by atoms with E-state index in [1.807, 2.05) is 36.4 Å². The van der Waals surface area contributed by atoms with Gasteiger partial charge in [0.25, 0.3) is 0 Å². The van der Waals surface area contributed by atoms with Crippen LogP contribution in [0.5, 0.6) is 0 Å². The molecule has 3 aromatic carbocycles. The average Bonchev–Trinajstić information content (AvgIpc) is 3.30. The maximum Gasteiger partial charge on any atom is 0.159 e. The van der Waals surface area contributed by atoms with E-state index in [9.17, 15) is 4.39 Å². The number of fused-ring (bicyclic) bond motifs is 1. The monoisotopic (exact) mass is 636 g/mol. The van der Waals surface area contributed by atoms with Gasteiger partial charge >= 0.3 is 0 Å². The van der Waals surface area contributed by atoms with Crippen molar-refractivity contribution in [3.63, 3.8) is 0 Å². The van der Waals surface area contributed by atoms with Crippen LogP contribution in [0.25, 0.3) is 22.6 Å². The van der Waals surface area contributed by atoms with Crippen LogP contribution in [0.15, 0.2) is 83.5 Å². The highest BCUT2D eigenvalue weighted by Gasteiger charge is 2.22. The van der Waals surface area contributed by atoms with Crippen LogP contribution in [0.4, 0.5) is 4.39 Å². The van der Waals surface area contributed by atoms with E-state index in [0.29, 0.717) is 22.5 Å². The van der Waals surface area contributed by atoms with Crippen molar-refractivity contribution in [1.82, 2.24) is 19.4 Å². The summed E-state index contributed by atoms with van der Waals surface area (Å²) < 4.78 is 16.6. The number of hydrogen-bond donors (Lipinski definition) is 0. The van der Waals surface area contributed by atoms with Crippen LogP contribution in [-0.2, 0) is 19.5 Å². The first-order valence-electron chi connectivity index (χ1n) is 13.5. The Morgan fingerprint density at radius 3 is 2.33 bits per heavy atom. The first-order valence-corrected chi connectivity index (χ1v) is 15.0. The lowest BCUT2D eigenvalue weighted by atomic mass is 9.89. The van der Waals surface area contributed by atoms with Crippen molar-refractivity contribution < 1.29 is 4.39 Å². The van der Waals surface area contributed by atoms with Crippen LogP contribution < -0.4 is 0 Å². The van der Waals surface area contributed by atoms with E-state index in [4.69, 9.17) is 28.2 Å². The number of nitrogens with zero attached hydrogens (tertiary/aromatic N) is 4. The first-order chi connectivity index (χ1) is 19.4. The summed E-state index contributed by atoms with van der Waals surface area (Å²) in [5, 5.41) is 1.40. The Balaban J connectivity index is 1.22. The van der Waals surface area contributed by atoms with Crippen LogP contribution in [0.2, 0.25) is 10.0 Å². The third-order valence-electron chi connectivity index (χ3n) is 7.65. The second-order valence-corrected chi connectivity index (χ2v) is 12.2. The van der Waals surface area contributed by atoms with Gasteiger partial charge in [0.1, 0.15) is 11.5 Å². The molecule has 0 unspecified atom stereocenters. The molecule has 204 valence electrons. The molecule has 1 saturated heterocycles. The minimum absolute atomic E-state index is 0.221. The molecule has 3 heterocycles. The van der Waals surface area contributed by atoms with Crippen LogP contribution >= 0.6 is 39.1 Å². The molecule has 1 aliphatic heterocycles. The summed E-state index contributed by atoms with van der Waals surface area (Å²) in [6, 6.07) is 23.1. The Kier molecular flexibility index (Phi) is 8.22. The van der Waals surface area contributed by atoms with Crippen molar-refractivity contribution in [1.29, 1.82) is 0 Å². The first kappa shape index (κ1) is 27.4. The molecule has 40 heavy (non-hydrogen) atoms. The molecule has 0 spiro atoms. The minimum atomic E-state index is -0.221. The minimum Gasteiger partial charge on any atom is -0.322 e. The third-order valence-corrected chi connectivity index (χ3v) is 8.58. The molecule has 6 rings (SSSR count). The van der Waals surface area contributed by atoms with Crippen molar-refractivity contribution in [2.24, 2.45) is 0 Å². The third kappa shape index (κ3) is 6.26. The molecular formula is C32H28BrCl2FN4. The summed E-state index contributed by atoms with van der Waals surface area (Å²) in [5.41, 5.74) is 6.40. The highest BCUT2D eigenvalue weighted by atomic mass is 79.9. The van der Waals surface area contributed by atoms with Crippen molar-refractivity contribution in [3.05, 3.63) is 116 Å². The molecule has 4 nitrogen and oxygen atoms in total. The van der Waals surface area contributed by atoms with Gasteiger partial charge in [-0.25, -0.2) is 9.37 Å². The van der Waals surface area contributed by atoms with Crippen molar-refractivity contribution in [2.75, 3.05) is 13.1 Å². The Labute approximate surface area is 251 Å². The molecule has 0 amide bonds. The lowest BCUT2D eigenvalue weighted by molar-refractivity contribution is 0.205. The second-order valence-electron chi connectivity index (χ2n) is 10.4. The molecule has 0 bridgehead atoms. The largest absolute Gasteiger partial charge is 0.322 e. The topological polar surface area (TPSA) is 34.0 Å². The molecular weight excluding hydrogens is 610 g/mol. The SMILES string of the molecule is Fc1ccc(CCn2c(-c3cc(Br)ccn3)nc3cc(CN4CCC(c5cc(Cl)cc(Cl)c5)CC4)ccc32)cc1. The van der Waals surface area contributed by atoms with Crippen molar-refractivity contribution in [3.8, 4) is 11.5 Å². The highest BCUT2D eigenvalue weighted by molar-refractivity contribution is 9.10. The second kappa shape index (κ2) is 12.0. The molecule has 1 aliphatic rings. The summed E-state index contributed by atoms with van der Waals surface area (Å²) >= 11 is 16.1. The number of likely N-dealkylation sites (tertiary alicyclic amines) is 1. The number of halogens is 4. The Morgan fingerprint density at radius 1 is 0.875 bits per heavy atom. The number of rotatable bonds is 7. The fourth-order valence-electron chi connectivity index (χ4n) is 5.61. The van der Waals surface area contributed by atoms with Gasteiger partial charge in [-0.3, -0.25) is 9.88 Å². The van der Waals surface area contributed by atoms with Gasteiger partial charge in [-0.15, -0.1) is 0 Å². The zero-order valence-electron chi connectivity index (χ0n) is 21.8. The van der Waals surface area contributed by atoms with E-state index in [1.54, 1.807) is 12.3 Å². The molecule has 0 aliphatic carbocycles. The predicted octanol–water partition coefficient (Wildman–Crippen LogP) is 8.93. The van der Waals surface area contributed by atoms with Gasteiger partial charge in [-0.1, -0.05) is 57.3 Å². The summed E-state index contributed by atoms with van der Waals surface area (Å²) in [6.45, 7) is 3.64. The van der Waals surface area contributed by atoms with Crippen molar-refractivity contribution >= 4 is 50.2 Å². The van der Waals surface area contributed by atoms with E-state index >= 15 is 0 Å². The maximum absolute atomic E-state index is 13.4. The summed E-state index contributed by atoms with van der Waals surface area (Å²) in [7, 11) is 0. The number of aromatic nitrogens is 3. The lowest BCUT2D eigenvalue weighted by Crippen LogP contribution is -2.32. The molecule has 0 saturated carbocycles. The molecule has 5 aromatic rings. The standard InChI is InChI=1S/C32H28BrCl2FN4/c33-25-7-11-37-30(18-25)32-38-29-15-22(3-6-31(29)40(32)14-8-21-1-4-28(36)5-2-21)20-39-12-9-23(10-13-39)24-16-26(34)19-27(35)17-24/h1-7,11,15-19,23H,8-10,12-14,20H2. The summed E-state index contributed by atoms with van der Waals surface area (Å²) in [6.07, 6.45) is 4.71. The lowest BCUT2D eigenvalue weighted by Gasteiger charge is -2.32. The van der Waals surface area contributed by atoms with Gasteiger partial charge in [-0.2, -0.15) is 0 Å². The van der Waals surface area contributed by atoms with Crippen molar-refractivity contribution in [2.45, 2.75) is 38.3 Å². The average molecular weight is 638 g/mol. The highest BCUT2D eigenvalue weighted by Crippen LogP contribution is 2.33. The number of imidazole rings is 1. The Hall–Kier alpha value is -2.77. The van der Waals surface area contributed by atoms with Gasteiger partial charge in [0.05, 0.1) is 11.0 Å². The van der Waals surface area contributed by atoms with Crippen LogP contribution in [0.1, 0.15) is 35.4 Å². The van der Waals surface area contributed by atoms with Gasteiger partial charge < -0.3 is 4.57 Å². The number of pyridine rings is 1. The van der Waals surface area contributed by atoms with E-state index < -0.39 is 0 Å². The maximum atomic E-state index is 13.4. The van der Waals surface area contributed by atoms with Gasteiger partial charge in [0, 0.05) is 33.8 Å². The summed E-state index contributed by atoms with van der Waals surface area (Å²) in [4.78, 5) is 12.2. The normalized spacial score (nSPS) is 14.7. The molecule has 0 radical (unpaired) electrons. The molecule has 0 N–H and O–H groups in total. The quantitative estimate of drug-likeness (QED) is 0.179. The zero-order valence-corrected chi connectivity index (χ0v) is 24.9. The van der Waals surface area contributed by atoms with Gasteiger partial charge in [-0.05, 0) is 110 Å². The van der Waals surface area contributed by atoms with E-state index in [0.717, 1.165) is 71.5 Å². The summed E-state index contributed by atoms with van der Waals surface area (Å²) in [5.74, 6) is 1.09. The van der Waals surface area contributed by atoms with E-state index in [-0.39, 0.29) is 5.82 Å². The molecule has 1 fully saturated rings. The van der Waals surface area contributed by atoms with Gasteiger partial charge in [0.2, 0.25) is 0 Å². The van der Waals surface area contributed by atoms with E-state index in [1.165, 1.54) is 23.3 Å². The zero-order chi connectivity index (χ0) is 27.6. The Morgan fingerprint density at radius 2 is 1.60 bits per heavy atom. The van der Waals surface area contributed by atoms with Crippen LogP contribution in [0.3, 0.4) is 0 Å². The molecule has 0 atom stereocenters. The molecule has 2 aromatic heterocycles. The smallest absolute Gasteiger partial charge is 0.159 e. The fraction of sp³-hybridized carbons (Fsp3) is 0.250. The number of aryl methyl sites for hydroxylation is 2. The number of benzene rings is 3.